The van der Waals surface area contributed by atoms with Crippen molar-refractivity contribution in [3.63, 3.8) is 0 Å². The van der Waals surface area contributed by atoms with Gasteiger partial charge in [0.1, 0.15) is 6.61 Å². The highest BCUT2D eigenvalue weighted by Crippen LogP contribution is 2.58. The van der Waals surface area contributed by atoms with E-state index in [9.17, 15) is 0 Å². The Bertz CT molecular complexity index is 301. The number of aliphatic hydroxyl groups is 1. The van der Waals surface area contributed by atoms with Crippen molar-refractivity contribution in [2.75, 3.05) is 6.61 Å². The van der Waals surface area contributed by atoms with Crippen LogP contribution < -0.4 is 0 Å². The smallest absolute Gasteiger partial charge is 0.104 e. The molecular formula is C12H16O. The van der Waals surface area contributed by atoms with E-state index in [2.05, 4.69) is 31.8 Å². The summed E-state index contributed by atoms with van der Waals surface area (Å²) in [5.41, 5.74) is 1.72. The van der Waals surface area contributed by atoms with Gasteiger partial charge in [0.25, 0.3) is 0 Å². The standard InChI is InChI=1S/C12H16O/c1-12(2)10-6-5-9(4-3-7-13)11(12)8-10/h5,10-11,13H,6-8H2,1-2H3/t10-,11-/m0/s1. The summed E-state index contributed by atoms with van der Waals surface area (Å²) in [4.78, 5) is 0. The molecule has 0 spiro atoms. The van der Waals surface area contributed by atoms with Crippen LogP contribution in [0.3, 0.4) is 0 Å². The van der Waals surface area contributed by atoms with Gasteiger partial charge in [-0.3, -0.25) is 0 Å². The molecule has 3 aliphatic rings. The first-order valence-corrected chi connectivity index (χ1v) is 4.96. The minimum absolute atomic E-state index is 0.0199. The molecule has 2 bridgehead atoms. The Morgan fingerprint density at radius 1 is 1.62 bits per heavy atom. The van der Waals surface area contributed by atoms with Crippen LogP contribution in [-0.2, 0) is 0 Å². The fraction of sp³-hybridized carbons (Fsp3) is 0.667. The van der Waals surface area contributed by atoms with Crippen molar-refractivity contribution in [2.24, 2.45) is 17.3 Å². The maximum absolute atomic E-state index is 8.63. The van der Waals surface area contributed by atoms with Crippen LogP contribution in [0.1, 0.15) is 26.7 Å². The maximum Gasteiger partial charge on any atom is 0.104 e. The molecule has 1 fully saturated rings. The topological polar surface area (TPSA) is 20.2 Å². The fourth-order valence-electron chi connectivity index (χ4n) is 2.63. The maximum atomic E-state index is 8.63. The van der Waals surface area contributed by atoms with E-state index in [0.29, 0.717) is 11.3 Å². The van der Waals surface area contributed by atoms with Crippen LogP contribution in [0.2, 0.25) is 0 Å². The lowest BCUT2D eigenvalue weighted by molar-refractivity contribution is -0.00249. The summed E-state index contributed by atoms with van der Waals surface area (Å²) in [6.07, 6.45) is 4.74. The summed E-state index contributed by atoms with van der Waals surface area (Å²) in [6.45, 7) is 4.65. The van der Waals surface area contributed by atoms with Gasteiger partial charge in [0.05, 0.1) is 0 Å². The zero-order chi connectivity index (χ0) is 9.47. The van der Waals surface area contributed by atoms with Crippen LogP contribution in [0.25, 0.3) is 0 Å². The van der Waals surface area contributed by atoms with Crippen molar-refractivity contribution < 1.29 is 5.11 Å². The molecule has 0 heterocycles. The summed E-state index contributed by atoms with van der Waals surface area (Å²) < 4.78 is 0. The minimum Gasteiger partial charge on any atom is -0.384 e. The van der Waals surface area contributed by atoms with Crippen LogP contribution in [0, 0.1) is 29.1 Å². The molecule has 3 rings (SSSR count). The van der Waals surface area contributed by atoms with Gasteiger partial charge in [0.15, 0.2) is 0 Å². The molecule has 0 amide bonds. The molecule has 70 valence electrons. The quantitative estimate of drug-likeness (QED) is 0.559. The molecule has 0 aromatic carbocycles. The summed E-state index contributed by atoms with van der Waals surface area (Å²) in [5, 5.41) is 8.63. The van der Waals surface area contributed by atoms with E-state index in [1.54, 1.807) is 0 Å². The number of aliphatic hydroxyl groups excluding tert-OH is 1. The van der Waals surface area contributed by atoms with Crippen LogP contribution in [-0.4, -0.2) is 11.7 Å². The SMILES string of the molecule is CC1(C)[C@H]2CC=C(C#CCO)[C@@H]1C2. The van der Waals surface area contributed by atoms with Gasteiger partial charge in [-0.2, -0.15) is 0 Å². The monoisotopic (exact) mass is 176 g/mol. The second-order valence-corrected chi connectivity index (χ2v) is 4.66. The van der Waals surface area contributed by atoms with E-state index in [4.69, 9.17) is 5.11 Å². The molecule has 0 radical (unpaired) electrons. The van der Waals surface area contributed by atoms with E-state index < -0.39 is 0 Å². The third kappa shape index (κ3) is 1.21. The predicted octanol–water partition coefficient (Wildman–Crippen LogP) is 1.97. The van der Waals surface area contributed by atoms with Gasteiger partial charge >= 0.3 is 0 Å². The highest BCUT2D eigenvalue weighted by molar-refractivity contribution is 5.38. The van der Waals surface area contributed by atoms with E-state index in [1.165, 1.54) is 18.4 Å². The first kappa shape index (κ1) is 8.84. The van der Waals surface area contributed by atoms with Gasteiger partial charge in [-0.05, 0) is 30.1 Å². The van der Waals surface area contributed by atoms with Crippen molar-refractivity contribution in [3.05, 3.63) is 11.6 Å². The van der Waals surface area contributed by atoms with E-state index in [0.717, 1.165) is 5.92 Å². The van der Waals surface area contributed by atoms with Crippen molar-refractivity contribution >= 4 is 0 Å². The normalized spacial score (nSPS) is 33.9. The van der Waals surface area contributed by atoms with Crippen molar-refractivity contribution in [2.45, 2.75) is 26.7 Å². The van der Waals surface area contributed by atoms with Crippen LogP contribution >= 0.6 is 0 Å². The fourth-order valence-corrected chi connectivity index (χ4v) is 2.63. The highest BCUT2D eigenvalue weighted by Gasteiger charge is 2.50. The summed E-state index contributed by atoms with van der Waals surface area (Å²) in [5.74, 6) is 7.35. The molecule has 13 heavy (non-hydrogen) atoms. The van der Waals surface area contributed by atoms with Gasteiger partial charge in [-0.25, -0.2) is 0 Å². The van der Waals surface area contributed by atoms with Gasteiger partial charge in [-0.15, -0.1) is 0 Å². The van der Waals surface area contributed by atoms with Gasteiger partial charge in [0, 0.05) is 5.57 Å². The first-order chi connectivity index (χ1) is 6.16. The zero-order valence-electron chi connectivity index (χ0n) is 8.30. The zero-order valence-corrected chi connectivity index (χ0v) is 8.30. The molecule has 1 heteroatoms. The molecule has 0 unspecified atom stereocenters. The first-order valence-electron chi connectivity index (χ1n) is 4.96. The molecular weight excluding hydrogens is 160 g/mol. The molecule has 0 aromatic heterocycles. The predicted molar refractivity (Wildman–Crippen MR) is 52.9 cm³/mol. The van der Waals surface area contributed by atoms with Crippen molar-refractivity contribution in [1.29, 1.82) is 0 Å². The lowest BCUT2D eigenvalue weighted by Gasteiger charge is -2.55. The molecule has 1 N–H and O–H groups in total. The Labute approximate surface area is 79.8 Å². The molecule has 3 aliphatic carbocycles. The van der Waals surface area contributed by atoms with Gasteiger partial charge < -0.3 is 5.11 Å². The van der Waals surface area contributed by atoms with Crippen molar-refractivity contribution in [3.8, 4) is 11.8 Å². The number of hydrogen-bond donors (Lipinski definition) is 1. The second kappa shape index (κ2) is 2.89. The highest BCUT2D eigenvalue weighted by atomic mass is 16.2. The van der Waals surface area contributed by atoms with E-state index in [-0.39, 0.29) is 6.61 Å². The summed E-state index contributed by atoms with van der Waals surface area (Å²) in [6, 6.07) is 0. The molecule has 1 nitrogen and oxygen atoms in total. The Morgan fingerprint density at radius 2 is 2.38 bits per heavy atom. The summed E-state index contributed by atoms with van der Waals surface area (Å²) in [7, 11) is 0. The molecule has 0 saturated heterocycles. The third-order valence-electron chi connectivity index (χ3n) is 3.78. The average Bonchev–Trinajstić information content (AvgIpc) is 2.14. The van der Waals surface area contributed by atoms with Crippen LogP contribution in [0.4, 0.5) is 0 Å². The third-order valence-corrected chi connectivity index (χ3v) is 3.78. The lowest BCUT2D eigenvalue weighted by Crippen LogP contribution is -2.47. The molecule has 0 aliphatic heterocycles. The average molecular weight is 176 g/mol. The lowest BCUT2D eigenvalue weighted by atomic mass is 9.49. The largest absolute Gasteiger partial charge is 0.384 e. The number of allylic oxidation sites excluding steroid dienone is 2. The van der Waals surface area contributed by atoms with Crippen LogP contribution in [0.5, 0.6) is 0 Å². The molecule has 1 saturated carbocycles. The Hall–Kier alpha value is -0.740. The van der Waals surface area contributed by atoms with Crippen LogP contribution in [0.15, 0.2) is 11.6 Å². The van der Waals surface area contributed by atoms with Crippen molar-refractivity contribution in [1.82, 2.24) is 0 Å². The Morgan fingerprint density at radius 3 is 2.92 bits per heavy atom. The van der Waals surface area contributed by atoms with Gasteiger partial charge in [0.2, 0.25) is 0 Å². The Balaban J connectivity index is 2.19. The van der Waals surface area contributed by atoms with Gasteiger partial charge in [-0.1, -0.05) is 31.8 Å². The second-order valence-electron chi connectivity index (χ2n) is 4.66. The molecule has 2 atom stereocenters. The van der Waals surface area contributed by atoms with E-state index >= 15 is 0 Å². The summed E-state index contributed by atoms with van der Waals surface area (Å²) >= 11 is 0. The number of hydrogen-bond acceptors (Lipinski definition) is 1. The minimum atomic E-state index is -0.0199. The molecule has 0 aromatic rings. The van der Waals surface area contributed by atoms with E-state index in [1.807, 2.05) is 0 Å². The number of fused-ring (bicyclic) bond motifs is 1. The number of rotatable bonds is 0. The Kier molecular flexibility index (Phi) is 1.96.